The second-order valence-electron chi connectivity index (χ2n) is 7.25. The van der Waals surface area contributed by atoms with Crippen LogP contribution in [0.5, 0.6) is 0 Å². The number of anilines is 2. The monoisotopic (exact) mass is 410 g/mol. The molecule has 0 spiro atoms. The highest BCUT2D eigenvalue weighted by molar-refractivity contribution is 6.07. The van der Waals surface area contributed by atoms with E-state index in [0.29, 0.717) is 22.5 Å². The number of carbonyl (C=O) groups excluding carboxylic acids is 2. The van der Waals surface area contributed by atoms with E-state index in [1.807, 2.05) is 73.3 Å². The SMILES string of the molecule is Cc1ccc(C(=O)Nc2cccc(-c3nccn3C)c2)cc1NC(=O)c1ccccc1. The average molecular weight is 410 g/mol. The van der Waals surface area contributed by atoms with Gasteiger partial charge < -0.3 is 15.2 Å². The van der Waals surface area contributed by atoms with Gasteiger partial charge >= 0.3 is 0 Å². The predicted octanol–water partition coefficient (Wildman–Crippen LogP) is 4.90. The summed E-state index contributed by atoms with van der Waals surface area (Å²) in [4.78, 5) is 29.7. The molecule has 0 radical (unpaired) electrons. The molecule has 0 aliphatic heterocycles. The van der Waals surface area contributed by atoms with Crippen LogP contribution in [0, 0.1) is 6.92 Å². The quantitative estimate of drug-likeness (QED) is 0.491. The van der Waals surface area contributed by atoms with Gasteiger partial charge in [0.05, 0.1) is 0 Å². The topological polar surface area (TPSA) is 76.0 Å². The Labute approximate surface area is 180 Å². The third-order valence-electron chi connectivity index (χ3n) is 4.98. The number of aryl methyl sites for hydroxylation is 2. The van der Waals surface area contributed by atoms with Crippen molar-refractivity contribution in [3.63, 3.8) is 0 Å². The smallest absolute Gasteiger partial charge is 0.255 e. The van der Waals surface area contributed by atoms with Crippen LogP contribution in [0.2, 0.25) is 0 Å². The molecule has 4 aromatic rings. The fourth-order valence-corrected chi connectivity index (χ4v) is 3.26. The van der Waals surface area contributed by atoms with E-state index in [1.54, 1.807) is 30.5 Å². The van der Waals surface area contributed by atoms with Crippen molar-refractivity contribution in [1.82, 2.24) is 9.55 Å². The van der Waals surface area contributed by atoms with Gasteiger partial charge in [-0.05, 0) is 48.9 Å². The fourth-order valence-electron chi connectivity index (χ4n) is 3.26. The molecular formula is C25H22N4O2. The minimum absolute atomic E-state index is 0.218. The summed E-state index contributed by atoms with van der Waals surface area (Å²) in [6, 6.07) is 21.8. The molecule has 0 saturated heterocycles. The lowest BCUT2D eigenvalue weighted by atomic mass is 10.1. The van der Waals surface area contributed by atoms with E-state index >= 15 is 0 Å². The van der Waals surface area contributed by atoms with Gasteiger partial charge in [-0.2, -0.15) is 0 Å². The van der Waals surface area contributed by atoms with E-state index in [9.17, 15) is 9.59 Å². The molecule has 0 unspecified atom stereocenters. The maximum atomic E-state index is 12.9. The lowest BCUT2D eigenvalue weighted by Crippen LogP contribution is -2.15. The fraction of sp³-hybridized carbons (Fsp3) is 0.0800. The van der Waals surface area contributed by atoms with Crippen molar-refractivity contribution in [1.29, 1.82) is 0 Å². The molecule has 2 N–H and O–H groups in total. The lowest BCUT2D eigenvalue weighted by molar-refractivity contribution is 0.101. The standard InChI is InChI=1S/C25H22N4O2/c1-17-11-12-20(16-22(17)28-24(30)18-7-4-3-5-8-18)25(31)27-21-10-6-9-19(15-21)23-26-13-14-29(23)2/h3-16H,1-2H3,(H,27,31)(H,28,30). The van der Waals surface area contributed by atoms with Crippen LogP contribution >= 0.6 is 0 Å². The van der Waals surface area contributed by atoms with Gasteiger partial charge in [0.2, 0.25) is 0 Å². The normalized spacial score (nSPS) is 10.5. The van der Waals surface area contributed by atoms with Gasteiger partial charge in [0, 0.05) is 47.5 Å². The summed E-state index contributed by atoms with van der Waals surface area (Å²) in [5.41, 5.74) is 4.06. The number of imidazole rings is 1. The Morgan fingerprint density at radius 3 is 2.35 bits per heavy atom. The minimum atomic E-state index is -0.257. The molecule has 1 heterocycles. The molecule has 4 rings (SSSR count). The molecule has 0 aliphatic carbocycles. The Morgan fingerprint density at radius 1 is 0.839 bits per heavy atom. The van der Waals surface area contributed by atoms with Crippen LogP contribution < -0.4 is 10.6 Å². The summed E-state index contributed by atoms with van der Waals surface area (Å²) in [7, 11) is 1.92. The summed E-state index contributed by atoms with van der Waals surface area (Å²) in [5.74, 6) is 0.341. The first-order chi connectivity index (χ1) is 15.0. The van der Waals surface area contributed by atoms with Crippen molar-refractivity contribution in [3.8, 4) is 11.4 Å². The lowest BCUT2D eigenvalue weighted by Gasteiger charge is -2.12. The molecule has 0 saturated carbocycles. The van der Waals surface area contributed by atoms with Crippen LogP contribution in [0.15, 0.2) is 85.2 Å². The Balaban J connectivity index is 1.52. The van der Waals surface area contributed by atoms with Crippen LogP contribution in [0.4, 0.5) is 11.4 Å². The Morgan fingerprint density at radius 2 is 1.61 bits per heavy atom. The summed E-state index contributed by atoms with van der Waals surface area (Å²) in [5, 5.41) is 5.81. The molecule has 1 aromatic heterocycles. The van der Waals surface area contributed by atoms with E-state index < -0.39 is 0 Å². The largest absolute Gasteiger partial charge is 0.334 e. The van der Waals surface area contributed by atoms with Crippen molar-refractivity contribution < 1.29 is 9.59 Å². The number of nitrogens with one attached hydrogen (secondary N) is 2. The molecule has 3 aromatic carbocycles. The Kier molecular flexibility index (Phi) is 5.62. The first kappa shape index (κ1) is 20.1. The van der Waals surface area contributed by atoms with E-state index in [1.165, 1.54) is 0 Å². The molecule has 6 heteroatoms. The highest BCUT2D eigenvalue weighted by Gasteiger charge is 2.12. The molecule has 2 amide bonds. The zero-order valence-corrected chi connectivity index (χ0v) is 17.3. The van der Waals surface area contributed by atoms with Gasteiger partial charge in [-0.3, -0.25) is 9.59 Å². The molecule has 6 nitrogen and oxygen atoms in total. The van der Waals surface area contributed by atoms with Gasteiger partial charge in [-0.25, -0.2) is 4.98 Å². The summed E-state index contributed by atoms with van der Waals surface area (Å²) in [6.45, 7) is 1.89. The van der Waals surface area contributed by atoms with Gasteiger partial charge in [0.15, 0.2) is 0 Å². The van der Waals surface area contributed by atoms with Gasteiger partial charge in [-0.15, -0.1) is 0 Å². The third kappa shape index (κ3) is 4.53. The third-order valence-corrected chi connectivity index (χ3v) is 4.98. The summed E-state index contributed by atoms with van der Waals surface area (Å²) in [6.07, 6.45) is 3.61. The van der Waals surface area contributed by atoms with Crippen LogP contribution in [0.25, 0.3) is 11.4 Å². The van der Waals surface area contributed by atoms with Crippen molar-refractivity contribution in [2.75, 3.05) is 10.6 Å². The highest BCUT2D eigenvalue weighted by Crippen LogP contribution is 2.22. The molecule has 0 fully saturated rings. The van der Waals surface area contributed by atoms with Crippen molar-refractivity contribution in [2.24, 2.45) is 7.05 Å². The number of hydrogen-bond acceptors (Lipinski definition) is 3. The van der Waals surface area contributed by atoms with Gasteiger partial charge in [0.25, 0.3) is 11.8 Å². The average Bonchev–Trinajstić information content (AvgIpc) is 3.22. The first-order valence-electron chi connectivity index (χ1n) is 9.87. The Hall–Kier alpha value is -4.19. The van der Waals surface area contributed by atoms with Crippen LogP contribution in [0.1, 0.15) is 26.3 Å². The number of benzene rings is 3. The zero-order chi connectivity index (χ0) is 21.8. The first-order valence-corrected chi connectivity index (χ1v) is 9.87. The number of hydrogen-bond donors (Lipinski definition) is 2. The summed E-state index contributed by atoms with van der Waals surface area (Å²) < 4.78 is 1.92. The molecule has 0 bridgehead atoms. The summed E-state index contributed by atoms with van der Waals surface area (Å²) >= 11 is 0. The highest BCUT2D eigenvalue weighted by atomic mass is 16.2. The molecular weight excluding hydrogens is 388 g/mol. The molecule has 31 heavy (non-hydrogen) atoms. The van der Waals surface area contributed by atoms with Crippen LogP contribution in [0.3, 0.4) is 0 Å². The number of rotatable bonds is 5. The van der Waals surface area contributed by atoms with Gasteiger partial charge in [0.1, 0.15) is 5.82 Å². The Bertz CT molecular complexity index is 1250. The second-order valence-corrected chi connectivity index (χ2v) is 7.25. The van der Waals surface area contributed by atoms with E-state index in [4.69, 9.17) is 0 Å². The van der Waals surface area contributed by atoms with Crippen molar-refractivity contribution in [2.45, 2.75) is 6.92 Å². The number of amides is 2. The maximum Gasteiger partial charge on any atom is 0.255 e. The van der Waals surface area contributed by atoms with Crippen LogP contribution in [-0.2, 0) is 7.05 Å². The second kappa shape index (κ2) is 8.67. The van der Waals surface area contributed by atoms with Gasteiger partial charge in [-0.1, -0.05) is 36.4 Å². The number of aromatic nitrogens is 2. The maximum absolute atomic E-state index is 12.9. The van der Waals surface area contributed by atoms with Crippen molar-refractivity contribution >= 4 is 23.2 Å². The molecule has 0 atom stereocenters. The van der Waals surface area contributed by atoms with E-state index in [-0.39, 0.29) is 11.8 Å². The predicted molar refractivity (Wildman–Crippen MR) is 122 cm³/mol. The number of carbonyl (C=O) groups is 2. The molecule has 154 valence electrons. The number of nitrogens with zero attached hydrogens (tertiary/aromatic N) is 2. The molecule has 0 aliphatic rings. The van der Waals surface area contributed by atoms with E-state index in [2.05, 4.69) is 15.6 Å². The van der Waals surface area contributed by atoms with Crippen LogP contribution in [-0.4, -0.2) is 21.4 Å². The minimum Gasteiger partial charge on any atom is -0.334 e. The zero-order valence-electron chi connectivity index (χ0n) is 17.3. The van der Waals surface area contributed by atoms with Crippen molar-refractivity contribution in [3.05, 3.63) is 102 Å². The van der Waals surface area contributed by atoms with E-state index in [0.717, 1.165) is 17.0 Å².